The molecule has 2 heterocycles. The topological polar surface area (TPSA) is 57.9 Å². The van der Waals surface area contributed by atoms with Crippen molar-refractivity contribution in [2.45, 2.75) is 51.0 Å². The number of carbonyl (C=O) groups excluding carboxylic acids is 1. The largest absolute Gasteiger partial charge is 0.482 e. The van der Waals surface area contributed by atoms with E-state index in [1.807, 2.05) is 18.2 Å². The van der Waals surface area contributed by atoms with Gasteiger partial charge in [0.25, 0.3) is 0 Å². The summed E-state index contributed by atoms with van der Waals surface area (Å²) in [6.07, 6.45) is 7.66. The zero-order chi connectivity index (χ0) is 17.1. The molecular formula is C20H24O5. The minimum Gasteiger partial charge on any atom is -0.482 e. The second-order valence-corrected chi connectivity index (χ2v) is 6.83. The fraction of sp³-hybridized carbons (Fsp3) is 0.550. The molecule has 25 heavy (non-hydrogen) atoms. The third-order valence-corrected chi connectivity index (χ3v) is 4.99. The Labute approximate surface area is 147 Å². The number of ether oxygens (including phenoxy) is 3. The molecule has 1 fully saturated rings. The molecule has 1 aromatic carbocycles. The maximum Gasteiger partial charge on any atom is 0.344 e. The Morgan fingerprint density at radius 3 is 2.96 bits per heavy atom. The Morgan fingerprint density at radius 1 is 1.16 bits per heavy atom. The minimum atomic E-state index is -0.358. The summed E-state index contributed by atoms with van der Waals surface area (Å²) >= 11 is 0. The first-order valence-corrected chi connectivity index (χ1v) is 9.24. The first-order chi connectivity index (χ1) is 12.3. The van der Waals surface area contributed by atoms with Crippen molar-refractivity contribution < 1.29 is 23.4 Å². The van der Waals surface area contributed by atoms with Gasteiger partial charge in [-0.1, -0.05) is 0 Å². The van der Waals surface area contributed by atoms with Gasteiger partial charge in [0.1, 0.15) is 23.7 Å². The molecule has 0 radical (unpaired) electrons. The van der Waals surface area contributed by atoms with E-state index < -0.39 is 0 Å². The fourth-order valence-electron chi connectivity index (χ4n) is 3.64. The van der Waals surface area contributed by atoms with Gasteiger partial charge in [-0.25, -0.2) is 4.79 Å². The number of benzene rings is 1. The van der Waals surface area contributed by atoms with Gasteiger partial charge in [-0.2, -0.15) is 0 Å². The van der Waals surface area contributed by atoms with Crippen LogP contribution < -0.4 is 4.74 Å². The van der Waals surface area contributed by atoms with Gasteiger partial charge in [-0.05, 0) is 56.7 Å². The molecule has 1 saturated heterocycles. The van der Waals surface area contributed by atoms with Gasteiger partial charge in [0.15, 0.2) is 6.61 Å². The molecule has 5 nitrogen and oxygen atoms in total. The van der Waals surface area contributed by atoms with Crippen LogP contribution in [-0.4, -0.2) is 31.9 Å². The summed E-state index contributed by atoms with van der Waals surface area (Å²) in [7, 11) is 0. The highest BCUT2D eigenvalue weighted by Gasteiger charge is 2.19. The van der Waals surface area contributed by atoms with Gasteiger partial charge in [0.2, 0.25) is 0 Å². The fourth-order valence-corrected chi connectivity index (χ4v) is 3.64. The number of esters is 1. The van der Waals surface area contributed by atoms with Crippen molar-refractivity contribution in [3.8, 4) is 5.75 Å². The molecule has 0 spiro atoms. The van der Waals surface area contributed by atoms with Gasteiger partial charge in [0, 0.05) is 24.0 Å². The Morgan fingerprint density at radius 2 is 2.08 bits per heavy atom. The molecule has 1 aromatic heterocycles. The highest BCUT2D eigenvalue weighted by Crippen LogP contribution is 2.33. The molecule has 4 rings (SSSR count). The van der Waals surface area contributed by atoms with Crippen LogP contribution in [0, 0.1) is 0 Å². The standard InChI is InChI=1S/C20H24O5/c21-20(24-12-15-5-3-4-10-22-15)13-23-14-8-9-19-17(11-14)16-6-1-2-7-18(16)25-19/h8-9,11,15H,1-7,10,12-13H2. The molecule has 2 aliphatic rings. The predicted molar refractivity (Wildman–Crippen MR) is 92.9 cm³/mol. The molecule has 1 aliphatic heterocycles. The van der Waals surface area contributed by atoms with E-state index in [4.69, 9.17) is 18.6 Å². The van der Waals surface area contributed by atoms with Crippen LogP contribution in [0.1, 0.15) is 43.4 Å². The van der Waals surface area contributed by atoms with Crippen molar-refractivity contribution in [1.29, 1.82) is 0 Å². The van der Waals surface area contributed by atoms with Crippen LogP contribution in [0.4, 0.5) is 0 Å². The van der Waals surface area contributed by atoms with Crippen LogP contribution >= 0.6 is 0 Å². The van der Waals surface area contributed by atoms with Crippen molar-refractivity contribution in [2.24, 2.45) is 0 Å². The maximum absolute atomic E-state index is 11.9. The van der Waals surface area contributed by atoms with E-state index in [0.29, 0.717) is 12.4 Å². The third-order valence-electron chi connectivity index (χ3n) is 4.99. The zero-order valence-corrected chi connectivity index (χ0v) is 14.4. The average Bonchev–Trinajstić information content (AvgIpc) is 3.03. The Kier molecular flexibility index (Phi) is 4.92. The van der Waals surface area contributed by atoms with Crippen LogP contribution in [0.2, 0.25) is 0 Å². The molecule has 1 unspecified atom stereocenters. The van der Waals surface area contributed by atoms with Gasteiger partial charge >= 0.3 is 5.97 Å². The minimum absolute atomic E-state index is 0.0338. The number of furan rings is 1. The van der Waals surface area contributed by atoms with Crippen LogP contribution in [-0.2, 0) is 27.1 Å². The van der Waals surface area contributed by atoms with Crippen LogP contribution in [0.15, 0.2) is 22.6 Å². The highest BCUT2D eigenvalue weighted by atomic mass is 16.6. The first-order valence-electron chi connectivity index (χ1n) is 9.24. The lowest BCUT2D eigenvalue weighted by atomic mass is 9.96. The zero-order valence-electron chi connectivity index (χ0n) is 14.4. The second-order valence-electron chi connectivity index (χ2n) is 6.83. The Bertz CT molecular complexity index is 742. The van der Waals surface area contributed by atoms with Crippen molar-refractivity contribution in [3.63, 3.8) is 0 Å². The first kappa shape index (κ1) is 16.5. The van der Waals surface area contributed by atoms with E-state index in [1.165, 1.54) is 18.4 Å². The lowest BCUT2D eigenvalue weighted by molar-refractivity contribution is -0.151. The van der Waals surface area contributed by atoms with Gasteiger partial charge in [-0.15, -0.1) is 0 Å². The van der Waals surface area contributed by atoms with Crippen LogP contribution in [0.25, 0.3) is 11.0 Å². The highest BCUT2D eigenvalue weighted by molar-refractivity contribution is 5.84. The van der Waals surface area contributed by atoms with Crippen molar-refractivity contribution >= 4 is 16.9 Å². The summed E-state index contributed by atoms with van der Waals surface area (Å²) in [6, 6.07) is 5.74. The molecule has 134 valence electrons. The van der Waals surface area contributed by atoms with E-state index in [2.05, 4.69) is 0 Å². The number of aryl methyl sites for hydroxylation is 2. The van der Waals surface area contributed by atoms with Crippen LogP contribution in [0.5, 0.6) is 5.75 Å². The second kappa shape index (κ2) is 7.48. The van der Waals surface area contributed by atoms with Gasteiger partial charge in [0.05, 0.1) is 6.10 Å². The lowest BCUT2D eigenvalue weighted by Gasteiger charge is -2.22. The summed E-state index contributed by atoms with van der Waals surface area (Å²) < 4.78 is 22.3. The van der Waals surface area contributed by atoms with Gasteiger partial charge in [-0.3, -0.25) is 0 Å². The van der Waals surface area contributed by atoms with Gasteiger partial charge < -0.3 is 18.6 Å². The average molecular weight is 344 g/mol. The predicted octanol–water partition coefficient (Wildman–Crippen LogP) is 3.80. The van der Waals surface area contributed by atoms with E-state index in [1.54, 1.807) is 0 Å². The Balaban J connectivity index is 1.33. The molecule has 0 bridgehead atoms. The van der Waals surface area contributed by atoms with Crippen molar-refractivity contribution in [3.05, 3.63) is 29.5 Å². The van der Waals surface area contributed by atoms with Crippen LogP contribution in [0.3, 0.4) is 0 Å². The summed E-state index contributed by atoms with van der Waals surface area (Å²) in [4.78, 5) is 11.9. The molecule has 1 aliphatic carbocycles. The number of fused-ring (bicyclic) bond motifs is 3. The van der Waals surface area contributed by atoms with Crippen molar-refractivity contribution in [1.82, 2.24) is 0 Å². The third kappa shape index (κ3) is 3.82. The summed E-state index contributed by atoms with van der Waals surface area (Å²) in [6.45, 7) is 0.989. The molecule has 2 aromatic rings. The molecule has 1 atom stereocenters. The summed E-state index contributed by atoms with van der Waals surface area (Å²) in [5, 5.41) is 1.11. The maximum atomic E-state index is 11.9. The molecule has 5 heteroatoms. The SMILES string of the molecule is O=C(COc1ccc2oc3c(c2c1)CCCC3)OCC1CCCCO1. The number of hydrogen-bond acceptors (Lipinski definition) is 5. The summed E-state index contributed by atoms with van der Waals surface area (Å²) in [5.74, 6) is 1.42. The molecular weight excluding hydrogens is 320 g/mol. The van der Waals surface area contributed by atoms with E-state index in [0.717, 1.165) is 55.4 Å². The molecule has 0 N–H and O–H groups in total. The van der Waals surface area contributed by atoms with E-state index >= 15 is 0 Å². The number of hydrogen-bond donors (Lipinski definition) is 0. The molecule has 0 saturated carbocycles. The smallest absolute Gasteiger partial charge is 0.344 e. The number of rotatable bonds is 5. The normalized spacial score (nSPS) is 20.2. The quantitative estimate of drug-likeness (QED) is 0.772. The Hall–Kier alpha value is -2.01. The molecule has 0 amide bonds. The van der Waals surface area contributed by atoms with Crippen molar-refractivity contribution in [2.75, 3.05) is 19.8 Å². The monoisotopic (exact) mass is 344 g/mol. The lowest BCUT2D eigenvalue weighted by Crippen LogP contribution is -2.27. The van der Waals surface area contributed by atoms with E-state index in [-0.39, 0.29) is 18.7 Å². The summed E-state index contributed by atoms with van der Waals surface area (Å²) in [5.41, 5.74) is 2.19. The number of carbonyl (C=O) groups is 1. The van der Waals surface area contributed by atoms with E-state index in [9.17, 15) is 4.79 Å².